The van der Waals surface area contributed by atoms with Crippen molar-refractivity contribution in [2.45, 2.75) is 0 Å². The van der Waals surface area contributed by atoms with E-state index in [1.165, 1.54) is 0 Å². The molecule has 0 aliphatic carbocycles. The van der Waals surface area contributed by atoms with Gasteiger partial charge in [0.25, 0.3) is 0 Å². The number of rotatable bonds is 3. The minimum absolute atomic E-state index is 0.186. The highest BCUT2D eigenvalue weighted by Crippen LogP contribution is 2.46. The van der Waals surface area contributed by atoms with E-state index in [4.69, 9.17) is 9.90 Å². The Morgan fingerprint density at radius 3 is 1.69 bits per heavy atom. The summed E-state index contributed by atoms with van der Waals surface area (Å²) < 4.78 is 79.6. The Morgan fingerprint density at radius 2 is 0.922 bits per heavy atom. The Hall–Kier alpha value is -6.70. The second-order valence-corrected chi connectivity index (χ2v) is 13.0. The van der Waals surface area contributed by atoms with Crippen molar-refractivity contribution >= 4 is 75.8 Å². The van der Waals surface area contributed by atoms with Crippen LogP contribution in [-0.4, -0.2) is 0 Å². The van der Waals surface area contributed by atoms with Crippen LogP contribution in [-0.2, 0) is 0 Å². The van der Waals surface area contributed by atoms with E-state index in [1.54, 1.807) is 0 Å². The van der Waals surface area contributed by atoms with Gasteiger partial charge >= 0.3 is 0 Å². The molecule has 1 aromatic heterocycles. The van der Waals surface area contributed by atoms with Crippen molar-refractivity contribution in [3.63, 3.8) is 0 Å². The molecule has 0 aliphatic heterocycles. The van der Waals surface area contributed by atoms with Crippen LogP contribution in [0.2, 0.25) is 0 Å². The van der Waals surface area contributed by atoms with Crippen LogP contribution in [0.4, 0.5) is 0 Å². The molecule has 0 N–H and O–H groups in total. The zero-order chi connectivity index (χ0) is 40.4. The highest BCUT2D eigenvalue weighted by atomic mass is 16.3. The Kier molecular flexibility index (Phi) is 4.57. The van der Waals surface area contributed by atoms with Crippen molar-refractivity contribution < 1.29 is 15.4 Å². The number of hydrogen-bond acceptors (Lipinski definition) is 1. The lowest BCUT2D eigenvalue weighted by molar-refractivity contribution is 0.670. The molecule has 0 fully saturated rings. The highest BCUT2D eigenvalue weighted by molar-refractivity contribution is 6.24. The number of benzene rings is 10. The summed E-state index contributed by atoms with van der Waals surface area (Å²) in [6.07, 6.45) is 0. The second kappa shape index (κ2) is 10.9. The Balaban J connectivity index is 1.25. The summed E-state index contributed by atoms with van der Waals surface area (Å²) in [4.78, 5) is 0. The SMILES string of the molecule is [2H]c1c([2H])c([2H])c2c(-c3cccc4ccccc34)c3c([2H])c([2H])c([2H])c([2H])c3c(-c3ccc4c(-c5cccc6c5oc5ccc7ccccc7c56)cccc4c3)c2c1[2H]. The van der Waals surface area contributed by atoms with Crippen LogP contribution in [0.25, 0.3) is 109 Å². The van der Waals surface area contributed by atoms with Gasteiger partial charge in [-0.2, -0.15) is 0 Å². The quantitative estimate of drug-likeness (QED) is 0.173. The average molecular weight is 655 g/mol. The maximum absolute atomic E-state index is 9.42. The minimum atomic E-state index is -0.428. The fourth-order valence-corrected chi connectivity index (χ4v) is 8.08. The predicted octanol–water partition coefficient (Wildman–Crippen LogP) is 14.4. The molecule has 0 spiro atoms. The van der Waals surface area contributed by atoms with Crippen molar-refractivity contribution in [1.82, 2.24) is 0 Å². The zero-order valence-electron chi connectivity index (χ0n) is 35.1. The Morgan fingerprint density at radius 1 is 0.373 bits per heavy atom. The van der Waals surface area contributed by atoms with Gasteiger partial charge in [-0.1, -0.05) is 170 Å². The van der Waals surface area contributed by atoms with Crippen LogP contribution in [0.15, 0.2) is 186 Å². The summed E-state index contributed by atoms with van der Waals surface area (Å²) in [6, 6.07) is 40.8. The maximum atomic E-state index is 9.42. The van der Waals surface area contributed by atoms with Crippen LogP contribution in [0, 0.1) is 0 Å². The van der Waals surface area contributed by atoms with Crippen LogP contribution >= 0.6 is 0 Å². The van der Waals surface area contributed by atoms with Crippen molar-refractivity contribution in [3.05, 3.63) is 182 Å². The molecule has 0 radical (unpaired) electrons. The van der Waals surface area contributed by atoms with E-state index in [1.807, 2.05) is 97.1 Å². The summed E-state index contributed by atoms with van der Waals surface area (Å²) in [5, 5.41) is 8.49. The molecular formula is C50H30O. The molecule has 236 valence electrons. The molecule has 1 heteroatoms. The summed E-state index contributed by atoms with van der Waals surface area (Å²) in [7, 11) is 0. The Bertz CT molecular complexity index is 3580. The van der Waals surface area contributed by atoms with Gasteiger partial charge < -0.3 is 4.42 Å². The highest BCUT2D eigenvalue weighted by Gasteiger charge is 2.19. The van der Waals surface area contributed by atoms with E-state index in [9.17, 15) is 5.48 Å². The fourth-order valence-electron chi connectivity index (χ4n) is 8.08. The molecule has 0 saturated heterocycles. The predicted molar refractivity (Wildman–Crippen MR) is 218 cm³/mol. The van der Waals surface area contributed by atoms with E-state index < -0.39 is 24.2 Å². The molecule has 1 heterocycles. The number of para-hydroxylation sites is 1. The summed E-state index contributed by atoms with van der Waals surface area (Å²) in [5.41, 5.74) is 5.23. The third-order valence-electron chi connectivity index (χ3n) is 10.3. The molecule has 0 bridgehead atoms. The maximum Gasteiger partial charge on any atom is 0.143 e. The smallest absolute Gasteiger partial charge is 0.143 e. The van der Waals surface area contributed by atoms with Crippen molar-refractivity contribution in [2.24, 2.45) is 0 Å². The number of fused-ring (bicyclic) bond motifs is 9. The topological polar surface area (TPSA) is 13.1 Å². The van der Waals surface area contributed by atoms with Gasteiger partial charge in [0.15, 0.2) is 0 Å². The normalized spacial score (nSPS) is 14.1. The molecule has 0 saturated carbocycles. The molecule has 0 atom stereocenters. The zero-order valence-corrected chi connectivity index (χ0v) is 27.1. The van der Waals surface area contributed by atoms with Gasteiger partial charge in [-0.05, 0) is 93.8 Å². The first-order valence-electron chi connectivity index (χ1n) is 20.9. The van der Waals surface area contributed by atoms with Crippen LogP contribution < -0.4 is 0 Å². The first-order chi connectivity index (χ1) is 28.6. The first-order valence-corrected chi connectivity index (χ1v) is 16.9. The summed E-state index contributed by atoms with van der Waals surface area (Å²) >= 11 is 0. The van der Waals surface area contributed by atoms with E-state index in [0.29, 0.717) is 22.3 Å². The van der Waals surface area contributed by atoms with Crippen LogP contribution in [0.1, 0.15) is 11.0 Å². The fraction of sp³-hybridized carbons (Fsp3) is 0. The Labute approximate surface area is 305 Å². The van der Waals surface area contributed by atoms with E-state index in [0.717, 1.165) is 65.4 Å². The summed E-state index contributed by atoms with van der Waals surface area (Å²) in [6.45, 7) is 0. The lowest BCUT2D eigenvalue weighted by Crippen LogP contribution is -1.92. The van der Waals surface area contributed by atoms with Gasteiger partial charge in [-0.3, -0.25) is 0 Å². The van der Waals surface area contributed by atoms with Gasteiger partial charge in [0.1, 0.15) is 11.2 Å². The van der Waals surface area contributed by atoms with E-state index >= 15 is 0 Å². The van der Waals surface area contributed by atoms with Gasteiger partial charge in [0, 0.05) is 16.3 Å². The second-order valence-electron chi connectivity index (χ2n) is 13.0. The average Bonchev–Trinajstić information content (AvgIpc) is 3.67. The lowest BCUT2D eigenvalue weighted by atomic mass is 9.84. The van der Waals surface area contributed by atoms with Crippen molar-refractivity contribution in [3.8, 4) is 33.4 Å². The third-order valence-corrected chi connectivity index (χ3v) is 10.3. The number of furan rings is 1. The molecular weight excluding hydrogens is 617 g/mol. The van der Waals surface area contributed by atoms with Crippen molar-refractivity contribution in [1.29, 1.82) is 0 Å². The number of hydrogen-bond donors (Lipinski definition) is 0. The molecule has 1 nitrogen and oxygen atoms in total. The van der Waals surface area contributed by atoms with E-state index in [-0.39, 0.29) is 45.7 Å². The van der Waals surface area contributed by atoms with Gasteiger partial charge in [-0.25, -0.2) is 0 Å². The van der Waals surface area contributed by atoms with E-state index in [2.05, 4.69) is 36.4 Å². The summed E-state index contributed by atoms with van der Waals surface area (Å²) in [5.74, 6) is 0. The van der Waals surface area contributed by atoms with Crippen LogP contribution in [0.3, 0.4) is 0 Å². The molecule has 51 heavy (non-hydrogen) atoms. The monoisotopic (exact) mass is 654 g/mol. The lowest BCUT2D eigenvalue weighted by Gasteiger charge is -2.19. The molecule has 11 rings (SSSR count). The standard InChI is InChI=1S/C50H30O/c1-3-16-35-31(12-1)14-9-23-39(35)48-42-20-7-5-18-40(42)47(41-19-6-8-21-43(41)48)34-26-28-36-33(30-34)15-10-22-38(36)44-24-11-25-45-49-37-17-4-2-13-32(37)27-29-46(49)51-50(44)45/h1-30H/i5D,6D,7D,8D,18D,19D,20D,21D. The van der Waals surface area contributed by atoms with Crippen LogP contribution in [0.5, 0.6) is 0 Å². The van der Waals surface area contributed by atoms with Gasteiger partial charge in [0.2, 0.25) is 0 Å². The minimum Gasteiger partial charge on any atom is -0.455 e. The molecule has 0 amide bonds. The largest absolute Gasteiger partial charge is 0.455 e. The third kappa shape index (κ3) is 4.16. The first kappa shape index (κ1) is 21.4. The van der Waals surface area contributed by atoms with Gasteiger partial charge in [-0.15, -0.1) is 0 Å². The molecule has 10 aromatic carbocycles. The molecule has 0 unspecified atom stereocenters. The van der Waals surface area contributed by atoms with Gasteiger partial charge in [0.05, 0.1) is 11.0 Å². The van der Waals surface area contributed by atoms with Crippen molar-refractivity contribution in [2.75, 3.05) is 0 Å². The molecule has 0 aliphatic rings. The molecule has 11 aromatic rings.